The van der Waals surface area contributed by atoms with E-state index in [1.54, 1.807) is 36.9 Å². The van der Waals surface area contributed by atoms with Crippen LogP contribution in [0.3, 0.4) is 0 Å². The quantitative estimate of drug-likeness (QED) is 0.234. The van der Waals surface area contributed by atoms with E-state index in [9.17, 15) is 8.42 Å². The number of nitrogens with one attached hydrogen (secondary N) is 2. The van der Waals surface area contributed by atoms with E-state index >= 15 is 0 Å². The van der Waals surface area contributed by atoms with E-state index in [1.807, 2.05) is 55.5 Å². The van der Waals surface area contributed by atoms with Crippen LogP contribution in [0.4, 0.5) is 5.95 Å². The van der Waals surface area contributed by atoms with Gasteiger partial charge in [-0.05, 0) is 78.7 Å². The Morgan fingerprint density at radius 2 is 1.81 bits per heavy atom. The summed E-state index contributed by atoms with van der Waals surface area (Å²) in [5.41, 5.74) is 3.77. The highest BCUT2D eigenvalue weighted by Crippen LogP contribution is 2.38. The fourth-order valence-corrected chi connectivity index (χ4v) is 6.81. The smallest absolute Gasteiger partial charge is 0.228 e. The van der Waals surface area contributed by atoms with E-state index in [4.69, 9.17) is 9.72 Å². The first-order valence-electron chi connectivity index (χ1n) is 14.0. The molecule has 0 unspecified atom stereocenters. The Bertz CT molecular complexity index is 1810. The second-order valence-electron chi connectivity index (χ2n) is 10.5. The topological polar surface area (TPSA) is 119 Å². The molecule has 6 rings (SSSR count). The number of nitrogens with zero attached hydrogens (tertiary/aromatic N) is 4. The number of aromatic nitrogens is 4. The SMILES string of the molecule is Cc1ccc2c(CS(=O)(=O)Cc3ccncc3)cccc2c1Oc1ncccc1-c1ccnc(N[C@H]2CCCNC2)n1. The van der Waals surface area contributed by atoms with Crippen molar-refractivity contribution in [3.8, 4) is 22.9 Å². The van der Waals surface area contributed by atoms with Crippen molar-refractivity contribution in [2.24, 2.45) is 0 Å². The van der Waals surface area contributed by atoms with E-state index in [0.717, 1.165) is 53.4 Å². The molecule has 5 aromatic rings. The lowest BCUT2D eigenvalue weighted by atomic mass is 10.0. The zero-order valence-corrected chi connectivity index (χ0v) is 24.1. The van der Waals surface area contributed by atoms with Gasteiger partial charge in [0.15, 0.2) is 9.84 Å². The summed E-state index contributed by atoms with van der Waals surface area (Å²) in [5.74, 6) is 1.46. The van der Waals surface area contributed by atoms with Gasteiger partial charge < -0.3 is 15.4 Å². The number of fused-ring (bicyclic) bond motifs is 1. The van der Waals surface area contributed by atoms with Crippen LogP contribution in [0.15, 0.2) is 85.5 Å². The highest BCUT2D eigenvalue weighted by Gasteiger charge is 2.19. The van der Waals surface area contributed by atoms with Gasteiger partial charge in [-0.25, -0.2) is 23.4 Å². The predicted octanol–water partition coefficient (Wildman–Crippen LogP) is 5.47. The molecule has 0 spiro atoms. The van der Waals surface area contributed by atoms with Crippen molar-refractivity contribution in [1.29, 1.82) is 0 Å². The molecular weight excluding hydrogens is 548 g/mol. The Labute approximate surface area is 245 Å². The van der Waals surface area contributed by atoms with Crippen LogP contribution < -0.4 is 15.4 Å². The number of piperidine rings is 1. The van der Waals surface area contributed by atoms with E-state index in [0.29, 0.717) is 28.8 Å². The number of ether oxygens (including phenoxy) is 1. The number of hydrogen-bond acceptors (Lipinski definition) is 9. The van der Waals surface area contributed by atoms with Crippen molar-refractivity contribution >= 4 is 26.6 Å². The van der Waals surface area contributed by atoms with E-state index < -0.39 is 9.84 Å². The average molecular weight is 581 g/mol. The summed E-state index contributed by atoms with van der Waals surface area (Å²) in [5, 5.41) is 8.48. The van der Waals surface area contributed by atoms with Gasteiger partial charge in [-0.3, -0.25) is 4.98 Å². The Hall–Kier alpha value is -4.41. The van der Waals surface area contributed by atoms with Gasteiger partial charge in [0.05, 0.1) is 22.8 Å². The van der Waals surface area contributed by atoms with Crippen LogP contribution in [-0.2, 0) is 21.3 Å². The van der Waals surface area contributed by atoms with Crippen LogP contribution in [0.25, 0.3) is 22.0 Å². The number of benzene rings is 2. The van der Waals surface area contributed by atoms with Crippen LogP contribution in [0.1, 0.15) is 29.5 Å². The third-order valence-electron chi connectivity index (χ3n) is 7.34. The van der Waals surface area contributed by atoms with Crippen molar-refractivity contribution in [2.45, 2.75) is 37.3 Å². The second-order valence-corrected chi connectivity index (χ2v) is 12.6. The Morgan fingerprint density at radius 1 is 0.929 bits per heavy atom. The number of rotatable bonds is 9. The molecule has 1 aliphatic rings. The van der Waals surface area contributed by atoms with Crippen LogP contribution in [0.2, 0.25) is 0 Å². The van der Waals surface area contributed by atoms with Gasteiger partial charge in [-0.1, -0.05) is 30.3 Å². The third-order valence-corrected chi connectivity index (χ3v) is 8.87. The Morgan fingerprint density at radius 3 is 2.64 bits per heavy atom. The molecule has 0 radical (unpaired) electrons. The van der Waals surface area contributed by atoms with Gasteiger partial charge in [0.1, 0.15) is 5.75 Å². The van der Waals surface area contributed by atoms with Crippen molar-refractivity contribution < 1.29 is 13.2 Å². The number of aryl methyl sites for hydroxylation is 1. The van der Waals surface area contributed by atoms with E-state index in [1.165, 1.54) is 0 Å². The Kier molecular flexibility index (Phi) is 8.07. The van der Waals surface area contributed by atoms with Crippen LogP contribution in [0, 0.1) is 6.92 Å². The summed E-state index contributed by atoms with van der Waals surface area (Å²) in [7, 11) is -3.42. The van der Waals surface area contributed by atoms with Gasteiger partial charge in [0, 0.05) is 42.8 Å². The molecule has 1 aliphatic heterocycles. The van der Waals surface area contributed by atoms with E-state index in [-0.39, 0.29) is 17.5 Å². The highest BCUT2D eigenvalue weighted by molar-refractivity contribution is 7.89. The van der Waals surface area contributed by atoms with Gasteiger partial charge in [0.2, 0.25) is 11.8 Å². The first-order chi connectivity index (χ1) is 20.4. The molecule has 9 nitrogen and oxygen atoms in total. The minimum atomic E-state index is -3.42. The van der Waals surface area contributed by atoms with E-state index in [2.05, 4.69) is 25.6 Å². The average Bonchev–Trinajstić information content (AvgIpc) is 3.00. The zero-order chi connectivity index (χ0) is 28.9. The Balaban J connectivity index is 1.30. The largest absolute Gasteiger partial charge is 0.437 e. The van der Waals surface area contributed by atoms with Crippen molar-refractivity contribution in [3.63, 3.8) is 0 Å². The lowest BCUT2D eigenvalue weighted by Gasteiger charge is -2.23. The van der Waals surface area contributed by atoms with Gasteiger partial charge in [0.25, 0.3) is 0 Å². The summed E-state index contributed by atoms with van der Waals surface area (Å²) in [6.45, 7) is 3.88. The first-order valence-corrected chi connectivity index (χ1v) is 15.8. The van der Waals surface area contributed by atoms with Crippen LogP contribution in [-0.4, -0.2) is 47.5 Å². The van der Waals surface area contributed by atoms with Gasteiger partial charge in [-0.15, -0.1) is 0 Å². The zero-order valence-electron chi connectivity index (χ0n) is 23.3. The maximum Gasteiger partial charge on any atom is 0.228 e. The summed E-state index contributed by atoms with van der Waals surface area (Å²) < 4.78 is 32.8. The molecule has 2 N–H and O–H groups in total. The standard InChI is InChI=1S/C32H32N6O3S/c1-22-9-10-26-24(21-42(39,40)20-23-11-16-33-17-12-23)5-2-7-27(26)30(22)41-31-28(8-4-15-35-31)29-13-18-36-32(38-29)37-25-6-3-14-34-19-25/h2,4-5,7-13,15-18,25,34H,3,6,14,19-21H2,1H3,(H,36,37,38)/t25-/m0/s1. The first kappa shape index (κ1) is 27.7. The maximum absolute atomic E-state index is 13.1. The molecule has 0 aliphatic carbocycles. The van der Waals surface area contributed by atoms with Crippen LogP contribution in [0.5, 0.6) is 11.6 Å². The summed E-state index contributed by atoms with van der Waals surface area (Å²) in [6, 6.07) is 18.9. The monoisotopic (exact) mass is 580 g/mol. The molecule has 214 valence electrons. The lowest BCUT2D eigenvalue weighted by molar-refractivity contribution is 0.466. The summed E-state index contributed by atoms with van der Waals surface area (Å²) in [4.78, 5) is 17.7. The minimum Gasteiger partial charge on any atom is -0.437 e. The number of hydrogen-bond donors (Lipinski definition) is 2. The highest BCUT2D eigenvalue weighted by atomic mass is 32.2. The maximum atomic E-state index is 13.1. The molecule has 0 amide bonds. The lowest BCUT2D eigenvalue weighted by Crippen LogP contribution is -2.38. The fraction of sp³-hybridized carbons (Fsp3) is 0.250. The van der Waals surface area contributed by atoms with Crippen LogP contribution >= 0.6 is 0 Å². The summed E-state index contributed by atoms with van der Waals surface area (Å²) >= 11 is 0. The van der Waals surface area contributed by atoms with Crippen molar-refractivity contribution in [1.82, 2.24) is 25.3 Å². The molecule has 0 saturated carbocycles. The molecule has 3 aromatic heterocycles. The molecule has 4 heterocycles. The summed E-state index contributed by atoms with van der Waals surface area (Å²) in [6.07, 6.45) is 8.81. The molecule has 1 atom stereocenters. The second kappa shape index (κ2) is 12.2. The third kappa shape index (κ3) is 6.40. The molecule has 1 fully saturated rings. The predicted molar refractivity (Wildman–Crippen MR) is 164 cm³/mol. The number of sulfone groups is 1. The molecule has 10 heteroatoms. The minimum absolute atomic E-state index is 0.0501. The van der Waals surface area contributed by atoms with Gasteiger partial charge in [-0.2, -0.15) is 0 Å². The van der Waals surface area contributed by atoms with Crippen molar-refractivity contribution in [3.05, 3.63) is 102 Å². The number of anilines is 1. The van der Waals surface area contributed by atoms with Gasteiger partial charge >= 0.3 is 0 Å². The van der Waals surface area contributed by atoms with Crippen molar-refractivity contribution in [2.75, 3.05) is 18.4 Å². The molecule has 0 bridgehead atoms. The molecule has 2 aromatic carbocycles. The molecule has 42 heavy (non-hydrogen) atoms. The number of pyridine rings is 2. The molecular formula is C32H32N6O3S. The normalized spacial score (nSPS) is 15.4. The molecule has 1 saturated heterocycles. The fourth-order valence-electron chi connectivity index (χ4n) is 5.29.